The molecule has 0 bridgehead atoms. The fourth-order valence-corrected chi connectivity index (χ4v) is 0.802. The van der Waals surface area contributed by atoms with Gasteiger partial charge in [-0.15, -0.1) is 0 Å². The van der Waals surface area contributed by atoms with E-state index in [0.717, 1.165) is 6.42 Å². The number of hydrogen-bond acceptors (Lipinski definition) is 2. The molecule has 0 heterocycles. The second-order valence-electron chi connectivity index (χ2n) is 2.34. The monoisotopic (exact) mass is 114 g/mol. The van der Waals surface area contributed by atoms with Gasteiger partial charge < -0.3 is 4.74 Å². The molecule has 0 aromatic heterocycles. The van der Waals surface area contributed by atoms with Crippen molar-refractivity contribution in [3.05, 3.63) is 0 Å². The SMILES string of the molecule is COC(=O)[C@H]1C[C@@H]1C. The summed E-state index contributed by atoms with van der Waals surface area (Å²) in [6.45, 7) is 2.06. The van der Waals surface area contributed by atoms with Gasteiger partial charge in [-0.05, 0) is 12.3 Å². The Morgan fingerprint density at radius 2 is 2.25 bits per heavy atom. The summed E-state index contributed by atoms with van der Waals surface area (Å²) in [4.78, 5) is 10.6. The molecule has 46 valence electrons. The molecule has 0 N–H and O–H groups in total. The summed E-state index contributed by atoms with van der Waals surface area (Å²) in [5.74, 6) is 0.750. The van der Waals surface area contributed by atoms with Gasteiger partial charge in [0.2, 0.25) is 0 Å². The molecule has 2 nitrogen and oxygen atoms in total. The zero-order valence-electron chi connectivity index (χ0n) is 5.18. The molecular formula is C6H10O2. The largest absolute Gasteiger partial charge is 0.469 e. The van der Waals surface area contributed by atoms with Crippen LogP contribution in [0.5, 0.6) is 0 Å². The van der Waals surface area contributed by atoms with Gasteiger partial charge in [0.05, 0.1) is 13.0 Å². The third-order valence-electron chi connectivity index (χ3n) is 1.61. The first kappa shape index (κ1) is 5.60. The van der Waals surface area contributed by atoms with Crippen LogP contribution < -0.4 is 0 Å². The molecule has 0 aromatic rings. The van der Waals surface area contributed by atoms with Gasteiger partial charge in [0.25, 0.3) is 0 Å². The van der Waals surface area contributed by atoms with Crippen molar-refractivity contribution in [2.45, 2.75) is 13.3 Å². The minimum Gasteiger partial charge on any atom is -0.469 e. The third kappa shape index (κ3) is 0.831. The summed E-state index contributed by atoms with van der Waals surface area (Å²) in [5.41, 5.74) is 0. The normalized spacial score (nSPS) is 34.2. The maximum absolute atomic E-state index is 10.6. The highest BCUT2D eigenvalue weighted by atomic mass is 16.5. The average molecular weight is 114 g/mol. The van der Waals surface area contributed by atoms with E-state index in [1.54, 1.807) is 0 Å². The molecule has 1 saturated carbocycles. The van der Waals surface area contributed by atoms with Gasteiger partial charge in [-0.25, -0.2) is 0 Å². The van der Waals surface area contributed by atoms with Crippen LogP contribution in [0.3, 0.4) is 0 Å². The van der Waals surface area contributed by atoms with Crippen molar-refractivity contribution >= 4 is 5.97 Å². The lowest BCUT2D eigenvalue weighted by molar-refractivity contribution is -0.142. The Kier molecular flexibility index (Phi) is 1.24. The van der Waals surface area contributed by atoms with E-state index in [0.29, 0.717) is 5.92 Å². The molecule has 1 aliphatic carbocycles. The molecule has 1 fully saturated rings. The Balaban J connectivity index is 2.28. The van der Waals surface area contributed by atoms with Crippen LogP contribution >= 0.6 is 0 Å². The molecule has 0 amide bonds. The Bertz CT molecular complexity index is 109. The van der Waals surface area contributed by atoms with Gasteiger partial charge >= 0.3 is 5.97 Å². The topological polar surface area (TPSA) is 26.3 Å². The maximum atomic E-state index is 10.6. The standard InChI is InChI=1S/C6H10O2/c1-4-3-5(4)6(7)8-2/h4-5H,3H2,1-2H3/t4-,5-/m0/s1. The van der Waals surface area contributed by atoms with Crippen LogP contribution in [0.15, 0.2) is 0 Å². The van der Waals surface area contributed by atoms with Gasteiger partial charge in [0, 0.05) is 0 Å². The first-order valence-corrected chi connectivity index (χ1v) is 2.83. The van der Waals surface area contributed by atoms with Crippen molar-refractivity contribution in [3.63, 3.8) is 0 Å². The van der Waals surface area contributed by atoms with E-state index in [2.05, 4.69) is 11.7 Å². The first-order chi connectivity index (χ1) is 3.75. The molecule has 2 atom stereocenters. The van der Waals surface area contributed by atoms with Crippen LogP contribution in [0, 0.1) is 11.8 Å². The number of ether oxygens (including phenoxy) is 1. The first-order valence-electron chi connectivity index (χ1n) is 2.83. The van der Waals surface area contributed by atoms with Crippen LogP contribution in [0.4, 0.5) is 0 Å². The third-order valence-corrected chi connectivity index (χ3v) is 1.61. The summed E-state index contributed by atoms with van der Waals surface area (Å²) in [5, 5.41) is 0. The van der Waals surface area contributed by atoms with Crippen molar-refractivity contribution in [1.82, 2.24) is 0 Å². The van der Waals surface area contributed by atoms with Gasteiger partial charge in [-0.3, -0.25) is 4.79 Å². The molecule has 0 saturated heterocycles. The van der Waals surface area contributed by atoms with Crippen LogP contribution in [0.25, 0.3) is 0 Å². The lowest BCUT2D eigenvalue weighted by Crippen LogP contribution is -2.02. The van der Waals surface area contributed by atoms with E-state index >= 15 is 0 Å². The van der Waals surface area contributed by atoms with E-state index < -0.39 is 0 Å². The quantitative estimate of drug-likeness (QED) is 0.472. The molecule has 8 heavy (non-hydrogen) atoms. The highest BCUT2D eigenvalue weighted by Gasteiger charge is 2.39. The van der Waals surface area contributed by atoms with Crippen molar-refractivity contribution < 1.29 is 9.53 Å². The van der Waals surface area contributed by atoms with E-state index in [1.165, 1.54) is 7.11 Å². The lowest BCUT2D eigenvalue weighted by Gasteiger charge is -1.91. The fourth-order valence-electron chi connectivity index (χ4n) is 0.802. The number of rotatable bonds is 1. The predicted octanol–water partition coefficient (Wildman–Crippen LogP) is 0.815. The summed E-state index contributed by atoms with van der Waals surface area (Å²) in [6, 6.07) is 0. The molecule has 0 spiro atoms. The fraction of sp³-hybridized carbons (Fsp3) is 0.833. The molecular weight excluding hydrogens is 104 g/mol. The van der Waals surface area contributed by atoms with Crippen LogP contribution in [0.2, 0.25) is 0 Å². The maximum Gasteiger partial charge on any atom is 0.308 e. The Morgan fingerprint density at radius 3 is 2.38 bits per heavy atom. The molecule has 1 aliphatic rings. The van der Waals surface area contributed by atoms with Crippen molar-refractivity contribution in [2.75, 3.05) is 7.11 Å². The smallest absolute Gasteiger partial charge is 0.308 e. The van der Waals surface area contributed by atoms with E-state index in [9.17, 15) is 4.79 Å². The van der Waals surface area contributed by atoms with E-state index in [4.69, 9.17) is 0 Å². The summed E-state index contributed by atoms with van der Waals surface area (Å²) >= 11 is 0. The Hall–Kier alpha value is -0.530. The molecule has 1 rings (SSSR count). The number of esters is 1. The number of hydrogen-bond donors (Lipinski definition) is 0. The van der Waals surface area contributed by atoms with Crippen molar-refractivity contribution in [3.8, 4) is 0 Å². The van der Waals surface area contributed by atoms with Gasteiger partial charge in [0.15, 0.2) is 0 Å². The molecule has 0 aliphatic heterocycles. The van der Waals surface area contributed by atoms with Crippen molar-refractivity contribution in [2.24, 2.45) is 11.8 Å². The lowest BCUT2D eigenvalue weighted by atomic mass is 10.3. The summed E-state index contributed by atoms with van der Waals surface area (Å²) < 4.78 is 4.51. The molecule has 0 aromatic carbocycles. The predicted molar refractivity (Wildman–Crippen MR) is 29.3 cm³/mol. The number of methoxy groups -OCH3 is 1. The highest BCUT2D eigenvalue weighted by molar-refractivity contribution is 5.75. The number of carbonyl (C=O) groups excluding carboxylic acids is 1. The van der Waals surface area contributed by atoms with Crippen LogP contribution in [-0.2, 0) is 9.53 Å². The Labute approximate surface area is 48.8 Å². The van der Waals surface area contributed by atoms with Gasteiger partial charge in [-0.2, -0.15) is 0 Å². The van der Waals surface area contributed by atoms with Crippen LogP contribution in [-0.4, -0.2) is 13.1 Å². The highest BCUT2D eigenvalue weighted by Crippen LogP contribution is 2.38. The van der Waals surface area contributed by atoms with Crippen molar-refractivity contribution in [1.29, 1.82) is 0 Å². The van der Waals surface area contributed by atoms with Gasteiger partial charge in [0.1, 0.15) is 0 Å². The second-order valence-corrected chi connectivity index (χ2v) is 2.34. The van der Waals surface area contributed by atoms with Crippen LogP contribution in [0.1, 0.15) is 13.3 Å². The molecule has 0 unspecified atom stereocenters. The summed E-state index contributed by atoms with van der Waals surface area (Å²) in [7, 11) is 1.44. The molecule has 0 radical (unpaired) electrons. The second kappa shape index (κ2) is 1.77. The minimum absolute atomic E-state index is 0.0440. The zero-order valence-corrected chi connectivity index (χ0v) is 5.18. The number of carbonyl (C=O) groups is 1. The zero-order chi connectivity index (χ0) is 6.15. The minimum atomic E-state index is -0.0440. The van der Waals surface area contributed by atoms with E-state index in [1.807, 2.05) is 0 Å². The van der Waals surface area contributed by atoms with Gasteiger partial charge in [-0.1, -0.05) is 6.92 Å². The molecule has 2 heteroatoms. The average Bonchev–Trinajstić information content (AvgIpc) is 2.45. The summed E-state index contributed by atoms with van der Waals surface area (Å²) in [6.07, 6.45) is 1.02. The Morgan fingerprint density at radius 1 is 1.75 bits per heavy atom. The van der Waals surface area contributed by atoms with E-state index in [-0.39, 0.29) is 11.9 Å².